The molecule has 1 heterocycles. The van der Waals surface area contributed by atoms with Crippen LogP contribution in [0.25, 0.3) is 98.8 Å². The zero-order chi connectivity index (χ0) is 47.1. The van der Waals surface area contributed by atoms with E-state index < -0.39 is 147 Å². The van der Waals surface area contributed by atoms with Crippen molar-refractivity contribution < 1.29 is 27.7 Å². The molecular formula is C48H30O. The van der Waals surface area contributed by atoms with E-state index in [1.54, 1.807) is 18.2 Å². The molecule has 0 radical (unpaired) electrons. The molecule has 0 aliphatic carbocycles. The van der Waals surface area contributed by atoms with E-state index in [9.17, 15) is 11.0 Å². The van der Waals surface area contributed by atoms with Crippen molar-refractivity contribution in [3.8, 4) is 44.5 Å². The van der Waals surface area contributed by atoms with Crippen LogP contribution in [0.1, 0.15) is 23.3 Å². The standard InChI is InChI=1S/C48H30O/c1-2-13-32(14-3-1)46-39-18-6-8-20-41(39)47(42-21-9-7-19-40(42)46)37-17-10-16-36(29-37)38-22-11-23-44-48(38)43-27-26-35(30-45(43)49-44)34-25-24-31-12-4-5-15-33(31)28-34/h1-30H/i1D,2D,3D,6D,7D,8D,9D,10D,13D,14D,16D,17D,18D,19D,20D,21D,29D. The summed E-state index contributed by atoms with van der Waals surface area (Å²) >= 11 is 0. The van der Waals surface area contributed by atoms with Gasteiger partial charge in [-0.3, -0.25) is 0 Å². The lowest BCUT2D eigenvalue weighted by atomic mass is 9.85. The Kier molecular flexibility index (Phi) is 3.54. The highest BCUT2D eigenvalue weighted by molar-refractivity contribution is 6.21. The van der Waals surface area contributed by atoms with Gasteiger partial charge in [0.25, 0.3) is 0 Å². The van der Waals surface area contributed by atoms with E-state index in [1.165, 1.54) is 0 Å². The van der Waals surface area contributed by atoms with Crippen LogP contribution in [0.3, 0.4) is 0 Å². The third kappa shape index (κ3) is 4.47. The number of hydrogen-bond acceptors (Lipinski definition) is 1. The summed E-state index contributed by atoms with van der Waals surface area (Å²) < 4.78 is 160. The van der Waals surface area contributed by atoms with Crippen LogP contribution in [0.5, 0.6) is 0 Å². The fourth-order valence-corrected chi connectivity index (χ4v) is 6.69. The van der Waals surface area contributed by atoms with Crippen LogP contribution in [0.4, 0.5) is 0 Å². The third-order valence-corrected chi connectivity index (χ3v) is 8.85. The quantitative estimate of drug-likeness (QED) is 0.175. The third-order valence-electron chi connectivity index (χ3n) is 8.85. The second-order valence-electron chi connectivity index (χ2n) is 11.6. The van der Waals surface area contributed by atoms with Crippen molar-refractivity contribution in [2.24, 2.45) is 0 Å². The molecule has 0 amide bonds. The predicted octanol–water partition coefficient (Wildman–Crippen LogP) is 13.7. The minimum absolute atomic E-state index is 0.185. The van der Waals surface area contributed by atoms with Crippen molar-refractivity contribution in [2.75, 3.05) is 0 Å². The second kappa shape index (κ2) is 11.1. The van der Waals surface area contributed by atoms with Gasteiger partial charge in [0.15, 0.2) is 0 Å². The molecule has 1 heteroatoms. The van der Waals surface area contributed by atoms with E-state index in [0.29, 0.717) is 21.9 Å². The van der Waals surface area contributed by atoms with Crippen LogP contribution in [0.2, 0.25) is 0 Å². The summed E-state index contributed by atoms with van der Waals surface area (Å²) in [5.41, 5.74) is 0.568. The fourth-order valence-electron chi connectivity index (χ4n) is 6.69. The Morgan fingerprint density at radius 1 is 0.388 bits per heavy atom. The predicted molar refractivity (Wildman–Crippen MR) is 208 cm³/mol. The minimum atomic E-state index is -0.824. The Hall–Kier alpha value is -6.44. The van der Waals surface area contributed by atoms with E-state index in [0.717, 1.165) is 21.9 Å². The first-order chi connectivity index (χ1) is 31.4. The van der Waals surface area contributed by atoms with E-state index in [2.05, 4.69) is 6.07 Å². The normalized spacial score (nSPS) is 16.5. The van der Waals surface area contributed by atoms with Gasteiger partial charge in [-0.2, -0.15) is 0 Å². The van der Waals surface area contributed by atoms with Gasteiger partial charge in [-0.15, -0.1) is 0 Å². The van der Waals surface area contributed by atoms with Crippen molar-refractivity contribution in [1.82, 2.24) is 0 Å². The summed E-state index contributed by atoms with van der Waals surface area (Å²) in [6.45, 7) is 0. The highest BCUT2D eigenvalue weighted by Gasteiger charge is 2.18. The number of benzene rings is 9. The van der Waals surface area contributed by atoms with Crippen LogP contribution in [0, 0.1) is 0 Å². The van der Waals surface area contributed by atoms with Crippen molar-refractivity contribution in [3.63, 3.8) is 0 Å². The first-order valence-corrected chi connectivity index (χ1v) is 15.5. The Morgan fingerprint density at radius 3 is 1.76 bits per heavy atom. The number of rotatable bonds is 4. The van der Waals surface area contributed by atoms with Crippen LogP contribution < -0.4 is 0 Å². The van der Waals surface area contributed by atoms with Crippen molar-refractivity contribution in [3.05, 3.63) is 182 Å². The molecule has 1 nitrogen and oxygen atoms in total. The van der Waals surface area contributed by atoms with Gasteiger partial charge in [-0.1, -0.05) is 151 Å². The largest absolute Gasteiger partial charge is 0.456 e. The first kappa shape index (κ1) is 15.6. The van der Waals surface area contributed by atoms with Crippen LogP contribution in [-0.4, -0.2) is 0 Å². The lowest BCUT2D eigenvalue weighted by Crippen LogP contribution is -1.91. The molecule has 9 aromatic carbocycles. The molecule has 228 valence electrons. The zero-order valence-corrected chi connectivity index (χ0v) is 25.4. The van der Waals surface area contributed by atoms with E-state index in [-0.39, 0.29) is 11.1 Å². The van der Waals surface area contributed by atoms with Crippen LogP contribution in [0.15, 0.2) is 186 Å². The zero-order valence-electron chi connectivity index (χ0n) is 42.4. The molecule has 49 heavy (non-hydrogen) atoms. The monoisotopic (exact) mass is 639 g/mol. The lowest BCUT2D eigenvalue weighted by Gasteiger charge is -2.18. The van der Waals surface area contributed by atoms with Gasteiger partial charge in [0.2, 0.25) is 0 Å². The Bertz CT molecular complexity index is 3750. The van der Waals surface area contributed by atoms with E-state index >= 15 is 0 Å². The molecule has 0 unspecified atom stereocenters. The Balaban J connectivity index is 1.36. The molecule has 1 aromatic heterocycles. The van der Waals surface area contributed by atoms with Crippen molar-refractivity contribution in [2.45, 2.75) is 0 Å². The SMILES string of the molecule is [2H]c1c([2H])c([2H])c(-c2c3c([2H])c([2H])c([2H])c([2H])c3c(-c3c([2H])c([2H])c([2H])c(-c4cccc5oc6cc(-c7ccc8ccccc8c7)ccc6c45)c3[2H])c3c([2H])c([2H])c([2H])c([2H])c23)c([2H])c1[2H]. The molecule has 10 rings (SSSR count). The smallest absolute Gasteiger partial charge is 0.136 e. The lowest BCUT2D eigenvalue weighted by molar-refractivity contribution is 0.669. The molecule has 0 saturated heterocycles. The summed E-state index contributed by atoms with van der Waals surface area (Å²) in [5.74, 6) is 0. The number of hydrogen-bond donors (Lipinski definition) is 0. The topological polar surface area (TPSA) is 13.1 Å². The molecular weight excluding hydrogens is 593 g/mol. The van der Waals surface area contributed by atoms with Crippen molar-refractivity contribution >= 4 is 54.3 Å². The maximum atomic E-state index is 9.94. The van der Waals surface area contributed by atoms with Gasteiger partial charge in [-0.05, 0) is 107 Å². The molecule has 0 spiro atoms. The molecule has 0 N–H and O–H groups in total. The fraction of sp³-hybridized carbons (Fsp3) is 0. The summed E-state index contributed by atoms with van der Waals surface area (Å²) in [7, 11) is 0. The summed E-state index contributed by atoms with van der Waals surface area (Å²) in [4.78, 5) is 0. The summed E-state index contributed by atoms with van der Waals surface area (Å²) in [6, 6.07) is 11.5. The number of furan rings is 1. The van der Waals surface area contributed by atoms with Crippen LogP contribution >= 0.6 is 0 Å². The van der Waals surface area contributed by atoms with E-state index in [4.69, 9.17) is 16.8 Å². The molecule has 0 atom stereocenters. The molecule has 0 aliphatic heterocycles. The Morgan fingerprint density at radius 2 is 1.00 bits per heavy atom. The minimum Gasteiger partial charge on any atom is -0.456 e. The van der Waals surface area contributed by atoms with Gasteiger partial charge in [-0.25, -0.2) is 0 Å². The molecule has 0 bridgehead atoms. The maximum Gasteiger partial charge on any atom is 0.136 e. The first-order valence-electron chi connectivity index (χ1n) is 24.0. The molecule has 0 aliphatic rings. The van der Waals surface area contributed by atoms with Crippen molar-refractivity contribution in [1.29, 1.82) is 0 Å². The average molecular weight is 640 g/mol. The Labute approximate surface area is 308 Å². The van der Waals surface area contributed by atoms with Gasteiger partial charge in [0.05, 0.1) is 23.3 Å². The summed E-state index contributed by atoms with van der Waals surface area (Å²) in [6.07, 6.45) is 0. The van der Waals surface area contributed by atoms with Gasteiger partial charge < -0.3 is 4.42 Å². The highest BCUT2D eigenvalue weighted by atomic mass is 16.3. The molecule has 0 fully saturated rings. The summed E-state index contributed by atoms with van der Waals surface area (Å²) in [5, 5.41) is 1.14. The molecule has 0 saturated carbocycles. The van der Waals surface area contributed by atoms with Gasteiger partial charge in [0.1, 0.15) is 11.2 Å². The van der Waals surface area contributed by atoms with Gasteiger partial charge in [0, 0.05) is 10.8 Å². The maximum absolute atomic E-state index is 9.94. The van der Waals surface area contributed by atoms with Gasteiger partial charge >= 0.3 is 0 Å². The van der Waals surface area contributed by atoms with Crippen LogP contribution in [-0.2, 0) is 0 Å². The number of fused-ring (bicyclic) bond motifs is 6. The molecule has 10 aromatic rings. The van der Waals surface area contributed by atoms with E-state index in [1.807, 2.05) is 54.6 Å². The average Bonchev–Trinajstić information content (AvgIpc) is 3.70. The second-order valence-corrected chi connectivity index (χ2v) is 11.6. The highest BCUT2D eigenvalue weighted by Crippen LogP contribution is 2.45.